The molecule has 0 aliphatic carbocycles. The first kappa shape index (κ1) is 19.8. The molecule has 7 heteroatoms. The van der Waals surface area contributed by atoms with E-state index in [1.54, 1.807) is 0 Å². The van der Waals surface area contributed by atoms with E-state index >= 15 is 0 Å². The summed E-state index contributed by atoms with van der Waals surface area (Å²) in [5.41, 5.74) is 4.39. The first-order valence-corrected chi connectivity index (χ1v) is 10.9. The minimum absolute atomic E-state index is 0.239. The van der Waals surface area contributed by atoms with Crippen LogP contribution in [0.25, 0.3) is 21.8 Å². The highest BCUT2D eigenvalue weighted by Crippen LogP contribution is 2.30. The molecular formula is C24H28N6O. The zero-order valence-corrected chi connectivity index (χ0v) is 18.5. The van der Waals surface area contributed by atoms with Crippen molar-refractivity contribution >= 4 is 39.3 Å². The maximum Gasteiger partial charge on any atom is 0.228 e. The third kappa shape index (κ3) is 3.70. The average molecular weight is 417 g/mol. The molecule has 4 aromatic rings. The van der Waals surface area contributed by atoms with Gasteiger partial charge in [-0.3, -0.25) is 0 Å². The number of aromatic nitrogens is 4. The van der Waals surface area contributed by atoms with E-state index in [-0.39, 0.29) is 6.10 Å². The molecule has 1 aromatic carbocycles. The highest BCUT2D eigenvalue weighted by Gasteiger charge is 2.17. The lowest BCUT2D eigenvalue weighted by Crippen LogP contribution is -2.41. The molecule has 7 nitrogen and oxygen atoms in total. The lowest BCUT2D eigenvalue weighted by Gasteiger charge is -2.32. The maximum absolute atomic E-state index is 5.63. The Kier molecular flexibility index (Phi) is 4.98. The molecule has 1 aliphatic heterocycles. The number of rotatable bonds is 4. The van der Waals surface area contributed by atoms with Crippen molar-refractivity contribution in [1.82, 2.24) is 19.5 Å². The third-order valence-electron chi connectivity index (χ3n) is 5.91. The summed E-state index contributed by atoms with van der Waals surface area (Å²) < 4.78 is 7.90. The number of benzene rings is 1. The van der Waals surface area contributed by atoms with Crippen LogP contribution < -0.4 is 10.2 Å². The molecule has 1 fully saturated rings. The highest BCUT2D eigenvalue weighted by atomic mass is 16.5. The van der Waals surface area contributed by atoms with Crippen molar-refractivity contribution in [2.75, 3.05) is 29.9 Å². The van der Waals surface area contributed by atoms with E-state index in [9.17, 15) is 0 Å². The van der Waals surface area contributed by atoms with Crippen LogP contribution in [0.2, 0.25) is 0 Å². The second kappa shape index (κ2) is 7.81. The van der Waals surface area contributed by atoms with E-state index < -0.39 is 0 Å². The summed E-state index contributed by atoms with van der Waals surface area (Å²) in [4.78, 5) is 16.3. The first-order chi connectivity index (χ1) is 15.0. The van der Waals surface area contributed by atoms with Gasteiger partial charge < -0.3 is 19.5 Å². The molecular weight excluding hydrogens is 388 g/mol. The van der Waals surface area contributed by atoms with Crippen molar-refractivity contribution in [3.63, 3.8) is 0 Å². The van der Waals surface area contributed by atoms with Gasteiger partial charge in [-0.05, 0) is 57.5 Å². The maximum atomic E-state index is 5.63. The van der Waals surface area contributed by atoms with E-state index in [0.717, 1.165) is 47.6 Å². The van der Waals surface area contributed by atoms with Crippen molar-refractivity contribution in [2.45, 2.75) is 39.8 Å². The van der Waals surface area contributed by atoms with Crippen LogP contribution in [-0.2, 0) is 4.74 Å². The minimum Gasteiger partial charge on any atom is -0.375 e. The molecule has 0 amide bonds. The molecule has 1 aliphatic rings. The number of fused-ring (bicyclic) bond motifs is 3. The number of pyridine rings is 1. The Labute approximate surface area is 182 Å². The molecule has 0 spiro atoms. The van der Waals surface area contributed by atoms with Crippen LogP contribution in [0, 0.1) is 6.92 Å². The van der Waals surface area contributed by atoms with Gasteiger partial charge in [0.25, 0.3) is 0 Å². The summed E-state index contributed by atoms with van der Waals surface area (Å²) in [5.74, 6) is 1.28. The number of nitrogens with one attached hydrogen (secondary N) is 1. The van der Waals surface area contributed by atoms with E-state index in [0.29, 0.717) is 12.0 Å². The predicted molar refractivity (Wildman–Crippen MR) is 125 cm³/mol. The fraction of sp³-hybridized carbons (Fsp3) is 0.375. The Morgan fingerprint density at radius 3 is 2.77 bits per heavy atom. The monoisotopic (exact) mass is 416 g/mol. The molecule has 1 unspecified atom stereocenters. The van der Waals surface area contributed by atoms with Crippen molar-refractivity contribution in [3.8, 4) is 0 Å². The van der Waals surface area contributed by atoms with Gasteiger partial charge in [0, 0.05) is 42.3 Å². The van der Waals surface area contributed by atoms with Crippen molar-refractivity contribution in [2.24, 2.45) is 0 Å². The molecule has 0 radical (unpaired) electrons. The smallest absolute Gasteiger partial charge is 0.228 e. The molecule has 0 bridgehead atoms. The minimum atomic E-state index is 0.239. The van der Waals surface area contributed by atoms with Gasteiger partial charge in [-0.2, -0.15) is 0 Å². The van der Waals surface area contributed by atoms with Crippen molar-refractivity contribution in [1.29, 1.82) is 0 Å². The Balaban J connectivity index is 1.46. The highest BCUT2D eigenvalue weighted by molar-refractivity contribution is 6.05. The molecule has 1 N–H and O–H groups in total. The standard InChI is InChI=1S/C24H28N6O/c1-15(2)30-8-7-18-11-16(3)20-13-26-24(28-22(20)23(18)30)27-21-6-5-19(12-25-21)29-9-10-31-17(4)14-29/h5-8,11-13,15,17H,9-10,14H2,1-4H3,(H,25,26,27,28). The number of hydrogen-bond acceptors (Lipinski definition) is 6. The average Bonchev–Trinajstić information content (AvgIpc) is 3.19. The van der Waals surface area contributed by atoms with Gasteiger partial charge >= 0.3 is 0 Å². The lowest BCUT2D eigenvalue weighted by molar-refractivity contribution is 0.0532. The molecule has 160 valence electrons. The Morgan fingerprint density at radius 1 is 1.16 bits per heavy atom. The number of aryl methyl sites for hydroxylation is 1. The normalized spacial score (nSPS) is 17.1. The van der Waals surface area contributed by atoms with Gasteiger partial charge in [0.15, 0.2) is 0 Å². The van der Waals surface area contributed by atoms with Crippen LogP contribution in [0.1, 0.15) is 32.4 Å². The lowest BCUT2D eigenvalue weighted by atomic mass is 10.1. The molecule has 3 aromatic heterocycles. The van der Waals surface area contributed by atoms with E-state index in [2.05, 4.69) is 76.8 Å². The first-order valence-electron chi connectivity index (χ1n) is 10.9. The SMILES string of the molecule is Cc1cc2ccn(C(C)C)c2c2nc(Nc3ccc(N4CCOC(C)C4)cn3)ncc12. The topological polar surface area (TPSA) is 68.1 Å². The zero-order valence-electron chi connectivity index (χ0n) is 18.5. The summed E-state index contributed by atoms with van der Waals surface area (Å²) in [6.07, 6.45) is 6.17. The van der Waals surface area contributed by atoms with Crippen molar-refractivity contribution < 1.29 is 4.74 Å². The van der Waals surface area contributed by atoms with E-state index in [1.165, 1.54) is 10.9 Å². The summed E-state index contributed by atoms with van der Waals surface area (Å²) >= 11 is 0. The van der Waals surface area contributed by atoms with Crippen LogP contribution in [0.15, 0.2) is 42.9 Å². The summed E-state index contributed by atoms with van der Waals surface area (Å²) in [6.45, 7) is 11.1. The van der Waals surface area contributed by atoms with Gasteiger partial charge in [-0.25, -0.2) is 15.0 Å². The van der Waals surface area contributed by atoms with Crippen LogP contribution >= 0.6 is 0 Å². The molecule has 1 atom stereocenters. The van der Waals surface area contributed by atoms with E-state index in [1.807, 2.05) is 18.5 Å². The van der Waals surface area contributed by atoms with E-state index in [4.69, 9.17) is 9.72 Å². The predicted octanol–water partition coefficient (Wildman–Crippen LogP) is 4.84. The summed E-state index contributed by atoms with van der Waals surface area (Å²) in [6, 6.07) is 8.78. The molecule has 0 saturated carbocycles. The molecule has 5 rings (SSSR count). The summed E-state index contributed by atoms with van der Waals surface area (Å²) in [5, 5.41) is 5.55. The number of nitrogens with zero attached hydrogens (tertiary/aromatic N) is 5. The Bertz CT molecular complexity index is 1230. The van der Waals surface area contributed by atoms with Crippen LogP contribution in [0.4, 0.5) is 17.5 Å². The van der Waals surface area contributed by atoms with Gasteiger partial charge in [0.2, 0.25) is 5.95 Å². The Hall–Kier alpha value is -3.19. The van der Waals surface area contributed by atoms with Gasteiger partial charge in [0.05, 0.1) is 30.1 Å². The van der Waals surface area contributed by atoms with Crippen LogP contribution in [0.3, 0.4) is 0 Å². The second-order valence-corrected chi connectivity index (χ2v) is 8.56. The second-order valence-electron chi connectivity index (χ2n) is 8.56. The van der Waals surface area contributed by atoms with Gasteiger partial charge in [-0.1, -0.05) is 0 Å². The fourth-order valence-corrected chi connectivity index (χ4v) is 4.31. The van der Waals surface area contributed by atoms with Crippen LogP contribution in [-0.4, -0.2) is 45.3 Å². The van der Waals surface area contributed by atoms with Crippen molar-refractivity contribution in [3.05, 3.63) is 48.4 Å². The number of morpholine rings is 1. The molecule has 1 saturated heterocycles. The number of ether oxygens (including phenoxy) is 1. The fourth-order valence-electron chi connectivity index (χ4n) is 4.31. The molecule has 4 heterocycles. The summed E-state index contributed by atoms with van der Waals surface area (Å²) in [7, 11) is 0. The van der Waals surface area contributed by atoms with Gasteiger partial charge in [-0.15, -0.1) is 0 Å². The third-order valence-corrected chi connectivity index (χ3v) is 5.91. The zero-order chi connectivity index (χ0) is 21.5. The number of anilines is 3. The van der Waals surface area contributed by atoms with Gasteiger partial charge in [0.1, 0.15) is 11.3 Å². The quantitative estimate of drug-likeness (QED) is 0.514. The number of hydrogen-bond donors (Lipinski definition) is 1. The molecule has 31 heavy (non-hydrogen) atoms. The van der Waals surface area contributed by atoms with Crippen LogP contribution in [0.5, 0.6) is 0 Å². The Morgan fingerprint density at radius 2 is 2.03 bits per heavy atom. The largest absolute Gasteiger partial charge is 0.375 e.